The summed E-state index contributed by atoms with van der Waals surface area (Å²) in [5.41, 5.74) is 2.69. The van der Waals surface area contributed by atoms with Crippen molar-refractivity contribution in [3.05, 3.63) is 64.2 Å². The van der Waals surface area contributed by atoms with E-state index in [1.165, 1.54) is 6.07 Å². The van der Waals surface area contributed by atoms with Gasteiger partial charge in [0.2, 0.25) is 5.91 Å². The highest BCUT2D eigenvalue weighted by Crippen LogP contribution is 2.41. The van der Waals surface area contributed by atoms with Crippen LogP contribution in [0.1, 0.15) is 29.2 Å². The predicted octanol–water partition coefficient (Wildman–Crippen LogP) is 3.40. The Balaban J connectivity index is 1.55. The molecule has 2 aromatic rings. The van der Waals surface area contributed by atoms with Gasteiger partial charge in [0.25, 0.3) is 0 Å². The van der Waals surface area contributed by atoms with Gasteiger partial charge in [-0.25, -0.2) is 4.39 Å². The van der Waals surface area contributed by atoms with Gasteiger partial charge in [0.1, 0.15) is 5.82 Å². The first-order valence-corrected chi connectivity index (χ1v) is 7.56. The third-order valence-corrected chi connectivity index (χ3v) is 4.15. The molecule has 1 fully saturated rings. The predicted molar refractivity (Wildman–Crippen MR) is 83.4 cm³/mol. The molecule has 0 saturated heterocycles. The van der Waals surface area contributed by atoms with Gasteiger partial charge in [0.15, 0.2) is 0 Å². The van der Waals surface area contributed by atoms with Crippen molar-refractivity contribution in [3.63, 3.8) is 0 Å². The summed E-state index contributed by atoms with van der Waals surface area (Å²) in [4.78, 5) is 16.2. The van der Waals surface area contributed by atoms with Gasteiger partial charge in [-0.1, -0.05) is 23.7 Å². The molecular formula is C17H16ClFN2O. The van der Waals surface area contributed by atoms with E-state index in [0.29, 0.717) is 6.42 Å². The van der Waals surface area contributed by atoms with Crippen LogP contribution in [-0.4, -0.2) is 16.9 Å². The molecule has 1 aliphatic carbocycles. The van der Waals surface area contributed by atoms with Crippen LogP contribution >= 0.6 is 11.6 Å². The van der Waals surface area contributed by atoms with Crippen molar-refractivity contribution < 1.29 is 9.18 Å². The van der Waals surface area contributed by atoms with E-state index >= 15 is 0 Å². The first-order chi connectivity index (χ1) is 10.5. The van der Waals surface area contributed by atoms with Crippen LogP contribution in [0.25, 0.3) is 0 Å². The lowest BCUT2D eigenvalue weighted by molar-refractivity contribution is -0.120. The molecule has 2 atom stereocenters. The third kappa shape index (κ3) is 3.45. The molecule has 5 heteroatoms. The van der Waals surface area contributed by atoms with Gasteiger partial charge in [-0.3, -0.25) is 9.78 Å². The van der Waals surface area contributed by atoms with Crippen molar-refractivity contribution >= 4 is 17.5 Å². The molecule has 1 saturated carbocycles. The lowest BCUT2D eigenvalue weighted by atomic mass is 10.1. The van der Waals surface area contributed by atoms with Crippen LogP contribution < -0.4 is 5.32 Å². The Labute approximate surface area is 133 Å². The van der Waals surface area contributed by atoms with Crippen LogP contribution in [0.15, 0.2) is 36.5 Å². The number of carbonyl (C=O) groups is 1. The second kappa shape index (κ2) is 6.05. The summed E-state index contributed by atoms with van der Waals surface area (Å²) in [6.45, 7) is 1.91. The number of carbonyl (C=O) groups excluding carboxylic acids is 1. The molecule has 1 heterocycles. The number of aromatic nitrogens is 1. The average molecular weight is 319 g/mol. The fourth-order valence-electron chi connectivity index (χ4n) is 2.51. The summed E-state index contributed by atoms with van der Waals surface area (Å²) in [6.07, 6.45) is 2.86. The molecule has 1 N–H and O–H groups in total. The summed E-state index contributed by atoms with van der Waals surface area (Å²) >= 11 is 5.68. The van der Waals surface area contributed by atoms with E-state index in [4.69, 9.17) is 11.6 Å². The van der Waals surface area contributed by atoms with E-state index < -0.39 is 5.82 Å². The smallest absolute Gasteiger partial charge is 0.224 e. The number of nitrogens with one attached hydrogen (secondary N) is 1. The summed E-state index contributed by atoms with van der Waals surface area (Å²) < 4.78 is 13.5. The first-order valence-electron chi connectivity index (χ1n) is 7.19. The molecule has 1 aromatic carbocycles. The van der Waals surface area contributed by atoms with Gasteiger partial charge < -0.3 is 5.32 Å². The Bertz CT molecular complexity index is 702. The third-order valence-electron chi connectivity index (χ3n) is 3.85. The Kier molecular flexibility index (Phi) is 4.12. The van der Waals surface area contributed by atoms with E-state index in [2.05, 4.69) is 10.3 Å². The van der Waals surface area contributed by atoms with Gasteiger partial charge in [-0.15, -0.1) is 0 Å². The fourth-order valence-corrected chi connectivity index (χ4v) is 2.63. The highest BCUT2D eigenvalue weighted by molar-refractivity contribution is 6.30. The molecule has 22 heavy (non-hydrogen) atoms. The Morgan fingerprint density at radius 2 is 2.23 bits per heavy atom. The minimum atomic E-state index is -0.415. The minimum Gasteiger partial charge on any atom is -0.352 e. The zero-order valence-corrected chi connectivity index (χ0v) is 12.9. The van der Waals surface area contributed by atoms with Crippen LogP contribution in [0.3, 0.4) is 0 Å². The number of amides is 1. The van der Waals surface area contributed by atoms with Crippen LogP contribution in [0.4, 0.5) is 4.39 Å². The molecular weight excluding hydrogens is 303 g/mol. The largest absolute Gasteiger partial charge is 0.352 e. The molecule has 0 radical (unpaired) electrons. The molecule has 114 valence electrons. The number of hydrogen-bond acceptors (Lipinski definition) is 2. The summed E-state index contributed by atoms with van der Waals surface area (Å²) in [7, 11) is 0. The zero-order valence-electron chi connectivity index (χ0n) is 12.1. The van der Waals surface area contributed by atoms with Crippen molar-refractivity contribution in [1.29, 1.82) is 0 Å². The Morgan fingerprint density at radius 3 is 2.91 bits per heavy atom. The number of aryl methyl sites for hydroxylation is 1. The van der Waals surface area contributed by atoms with Gasteiger partial charge >= 0.3 is 0 Å². The standard InChI is InChI=1S/C17H16ClFN2O/c1-10-2-3-11(9-20-10)6-17(22)21-16-8-13(16)12-4-5-14(18)15(19)7-12/h2-5,7,9,13,16H,6,8H2,1H3,(H,21,22)/t13-,16+/m0/s1. The number of benzene rings is 1. The SMILES string of the molecule is Cc1ccc(CC(=O)N[C@@H]2C[C@H]2c2ccc(Cl)c(F)c2)cn1. The molecule has 0 aliphatic heterocycles. The highest BCUT2D eigenvalue weighted by Gasteiger charge is 2.39. The quantitative estimate of drug-likeness (QED) is 0.939. The second-order valence-corrected chi connectivity index (χ2v) is 6.08. The molecule has 3 nitrogen and oxygen atoms in total. The average Bonchev–Trinajstić information content (AvgIpc) is 3.23. The van der Waals surface area contributed by atoms with E-state index in [1.807, 2.05) is 25.1 Å². The van der Waals surface area contributed by atoms with Crippen molar-refractivity contribution in [2.75, 3.05) is 0 Å². The molecule has 1 aromatic heterocycles. The van der Waals surface area contributed by atoms with Gasteiger partial charge in [0.05, 0.1) is 11.4 Å². The fraction of sp³-hybridized carbons (Fsp3) is 0.294. The number of rotatable bonds is 4. The number of nitrogens with zero attached hydrogens (tertiary/aromatic N) is 1. The van der Waals surface area contributed by atoms with Crippen LogP contribution in [0.2, 0.25) is 5.02 Å². The maximum absolute atomic E-state index is 13.5. The maximum atomic E-state index is 13.5. The minimum absolute atomic E-state index is 0.0346. The monoisotopic (exact) mass is 318 g/mol. The Morgan fingerprint density at radius 1 is 1.41 bits per heavy atom. The first kappa shape index (κ1) is 15.0. The molecule has 0 bridgehead atoms. The molecule has 0 unspecified atom stereocenters. The molecule has 3 rings (SSSR count). The zero-order chi connectivity index (χ0) is 15.7. The summed E-state index contributed by atoms with van der Waals surface area (Å²) in [5, 5.41) is 3.10. The van der Waals surface area contributed by atoms with E-state index in [1.54, 1.807) is 12.3 Å². The number of halogens is 2. The van der Waals surface area contributed by atoms with Crippen LogP contribution in [-0.2, 0) is 11.2 Å². The summed E-state index contributed by atoms with van der Waals surface area (Å²) in [5.74, 6) is -0.277. The number of pyridine rings is 1. The molecule has 0 spiro atoms. The molecule has 1 aliphatic rings. The van der Waals surface area contributed by atoms with Crippen molar-refractivity contribution in [3.8, 4) is 0 Å². The van der Waals surface area contributed by atoms with Gasteiger partial charge in [0, 0.05) is 23.9 Å². The lowest BCUT2D eigenvalue weighted by Gasteiger charge is -2.06. The van der Waals surface area contributed by atoms with Crippen molar-refractivity contribution in [2.24, 2.45) is 0 Å². The van der Waals surface area contributed by atoms with Crippen LogP contribution in [0.5, 0.6) is 0 Å². The maximum Gasteiger partial charge on any atom is 0.224 e. The van der Waals surface area contributed by atoms with Gasteiger partial charge in [-0.2, -0.15) is 0 Å². The van der Waals surface area contributed by atoms with Gasteiger partial charge in [-0.05, 0) is 42.7 Å². The normalized spacial score (nSPS) is 19.8. The van der Waals surface area contributed by atoms with Crippen molar-refractivity contribution in [1.82, 2.24) is 10.3 Å². The lowest BCUT2D eigenvalue weighted by Crippen LogP contribution is -2.28. The topological polar surface area (TPSA) is 42.0 Å². The summed E-state index contributed by atoms with van der Waals surface area (Å²) in [6, 6.07) is 8.68. The van der Waals surface area contributed by atoms with Crippen LogP contribution in [0, 0.1) is 12.7 Å². The number of hydrogen-bond donors (Lipinski definition) is 1. The van der Waals surface area contributed by atoms with E-state index in [0.717, 1.165) is 23.2 Å². The highest BCUT2D eigenvalue weighted by atomic mass is 35.5. The second-order valence-electron chi connectivity index (χ2n) is 5.67. The molecule has 1 amide bonds. The van der Waals surface area contributed by atoms with E-state index in [-0.39, 0.29) is 22.9 Å². The Hall–Kier alpha value is -1.94. The van der Waals surface area contributed by atoms with Crippen molar-refractivity contribution in [2.45, 2.75) is 31.7 Å². The van der Waals surface area contributed by atoms with E-state index in [9.17, 15) is 9.18 Å².